The van der Waals surface area contributed by atoms with Crippen molar-refractivity contribution in [3.8, 4) is 0 Å². The van der Waals surface area contributed by atoms with E-state index in [-0.39, 0.29) is 0 Å². The van der Waals surface area contributed by atoms with Gasteiger partial charge >= 0.3 is 12.1 Å². The summed E-state index contributed by atoms with van der Waals surface area (Å²) >= 11 is 10.5. The van der Waals surface area contributed by atoms with Crippen molar-refractivity contribution in [1.29, 1.82) is 0 Å². The molecule has 0 saturated carbocycles. The third kappa shape index (κ3) is 3.11. The summed E-state index contributed by atoms with van der Waals surface area (Å²) in [5, 5.41) is 5.89. The van der Waals surface area contributed by atoms with Crippen LogP contribution in [0.15, 0.2) is 12.3 Å². The Balaban J connectivity index is 3.33. The fourth-order valence-electron chi connectivity index (χ4n) is 1.11. The number of carboxylic acids is 1. The quantitative estimate of drug-likeness (QED) is 0.403. The molecule has 0 saturated heterocycles. The predicted octanol–water partition coefficient (Wildman–Crippen LogP) is 2.63. The molecule has 0 spiro atoms. The maximum absolute atomic E-state index is 12.6. The number of alkyl halides is 4. The molecular weight excluding hydrogens is 298 g/mol. The van der Waals surface area contributed by atoms with Gasteiger partial charge in [0.15, 0.2) is 11.2 Å². The molecule has 0 radical (unpaired) electrons. The van der Waals surface area contributed by atoms with E-state index in [4.69, 9.17) is 28.3 Å². The van der Waals surface area contributed by atoms with Gasteiger partial charge in [-0.25, -0.2) is 4.98 Å². The Morgan fingerprint density at radius 1 is 1.39 bits per heavy atom. The zero-order valence-corrected chi connectivity index (χ0v) is 9.84. The molecular formula is C9H4Cl2F3NO3. The highest BCUT2D eigenvalue weighted by Crippen LogP contribution is 2.33. The molecule has 1 unspecified atom stereocenters. The van der Waals surface area contributed by atoms with Crippen molar-refractivity contribution in [2.24, 2.45) is 0 Å². The number of hydrogen-bond acceptors (Lipinski definition) is 3. The molecule has 0 aliphatic heterocycles. The van der Waals surface area contributed by atoms with Gasteiger partial charge in [-0.3, -0.25) is 9.59 Å². The zero-order chi connectivity index (χ0) is 14.1. The molecule has 18 heavy (non-hydrogen) atoms. The van der Waals surface area contributed by atoms with Crippen LogP contribution in [0.4, 0.5) is 13.2 Å². The van der Waals surface area contributed by atoms with Crippen LogP contribution in [0.5, 0.6) is 0 Å². The Morgan fingerprint density at radius 2 is 1.94 bits per heavy atom. The summed E-state index contributed by atoms with van der Waals surface area (Å²) < 4.78 is 37.9. The highest BCUT2D eigenvalue weighted by Gasteiger charge is 2.38. The first kappa shape index (κ1) is 14.7. The summed E-state index contributed by atoms with van der Waals surface area (Å²) in [6.45, 7) is 0. The minimum atomic E-state index is -4.87. The third-order valence-electron chi connectivity index (χ3n) is 1.89. The summed E-state index contributed by atoms with van der Waals surface area (Å²) in [6, 6.07) is 0.431. The number of hydrogen-bond donors (Lipinski definition) is 1. The van der Waals surface area contributed by atoms with E-state index in [1.165, 1.54) is 0 Å². The van der Waals surface area contributed by atoms with Gasteiger partial charge < -0.3 is 5.11 Å². The van der Waals surface area contributed by atoms with Crippen LogP contribution in [-0.2, 0) is 11.0 Å². The normalized spacial score (nSPS) is 13.2. The van der Waals surface area contributed by atoms with Gasteiger partial charge in [0, 0.05) is 6.20 Å². The first-order chi connectivity index (χ1) is 8.14. The fraction of sp³-hybridized carbons (Fsp3) is 0.222. The number of nitrogens with zero attached hydrogens (tertiary/aromatic N) is 1. The van der Waals surface area contributed by atoms with E-state index in [1.807, 2.05) is 0 Å². The number of aromatic nitrogens is 1. The average molecular weight is 302 g/mol. The Bertz CT molecular complexity index is 504. The van der Waals surface area contributed by atoms with E-state index in [9.17, 15) is 22.8 Å². The number of halogens is 5. The number of carbonyl (C=O) groups excluding carboxylic acids is 1. The Kier molecular flexibility index (Phi) is 4.18. The second-order valence-corrected chi connectivity index (χ2v) is 3.94. The molecule has 1 rings (SSSR count). The maximum atomic E-state index is 12.6. The summed E-state index contributed by atoms with van der Waals surface area (Å²) in [5.74, 6) is -3.15. The highest BCUT2D eigenvalue weighted by atomic mass is 35.5. The first-order valence-electron chi connectivity index (χ1n) is 4.28. The average Bonchev–Trinajstić information content (AvgIpc) is 2.25. The number of rotatable bonds is 3. The molecule has 1 heterocycles. The molecule has 0 aromatic carbocycles. The Hall–Kier alpha value is -1.34. The number of ketones is 1. The van der Waals surface area contributed by atoms with Gasteiger partial charge in [0.2, 0.25) is 0 Å². The van der Waals surface area contributed by atoms with Gasteiger partial charge in [-0.15, -0.1) is 11.6 Å². The molecule has 1 N–H and O–H groups in total. The Morgan fingerprint density at radius 3 is 2.39 bits per heavy atom. The van der Waals surface area contributed by atoms with Crippen molar-refractivity contribution in [3.05, 3.63) is 28.5 Å². The molecule has 1 atom stereocenters. The van der Waals surface area contributed by atoms with Gasteiger partial charge in [0.1, 0.15) is 5.15 Å². The number of carboxylic acid groups (broad SMARTS) is 1. The molecule has 0 bridgehead atoms. The lowest BCUT2D eigenvalue weighted by molar-refractivity contribution is -0.139. The van der Waals surface area contributed by atoms with E-state index < -0.39 is 39.6 Å². The maximum Gasteiger partial charge on any atom is 0.417 e. The minimum Gasteiger partial charge on any atom is -0.480 e. The number of Topliss-reactive ketones (excluding diaryl/α,β-unsaturated/α-hetero) is 1. The van der Waals surface area contributed by atoms with E-state index in [2.05, 4.69) is 4.98 Å². The van der Waals surface area contributed by atoms with Crippen molar-refractivity contribution < 1.29 is 27.9 Å². The predicted molar refractivity (Wildman–Crippen MR) is 55.9 cm³/mol. The van der Waals surface area contributed by atoms with Gasteiger partial charge in [-0.2, -0.15) is 13.2 Å². The number of pyridine rings is 1. The minimum absolute atomic E-state index is 0.431. The molecule has 1 aromatic rings. The first-order valence-corrected chi connectivity index (χ1v) is 5.10. The summed E-state index contributed by atoms with van der Waals surface area (Å²) in [5.41, 5.74) is -2.31. The van der Waals surface area contributed by atoms with Crippen molar-refractivity contribution in [3.63, 3.8) is 0 Å². The lowest BCUT2D eigenvalue weighted by Crippen LogP contribution is -2.27. The molecule has 0 aliphatic carbocycles. The fourth-order valence-corrected chi connectivity index (χ4v) is 1.38. The molecule has 98 valence electrons. The van der Waals surface area contributed by atoms with Crippen LogP contribution in [0, 0.1) is 0 Å². The molecule has 0 aliphatic rings. The van der Waals surface area contributed by atoms with Crippen LogP contribution in [0.2, 0.25) is 5.15 Å². The van der Waals surface area contributed by atoms with E-state index in [0.717, 1.165) is 0 Å². The van der Waals surface area contributed by atoms with Crippen LogP contribution >= 0.6 is 23.2 Å². The van der Waals surface area contributed by atoms with E-state index in [0.29, 0.717) is 12.3 Å². The molecule has 0 fully saturated rings. The summed E-state index contributed by atoms with van der Waals surface area (Å²) in [4.78, 5) is 25.2. The van der Waals surface area contributed by atoms with Crippen LogP contribution in [0.1, 0.15) is 15.9 Å². The van der Waals surface area contributed by atoms with Gasteiger partial charge in [-0.1, -0.05) is 11.6 Å². The highest BCUT2D eigenvalue weighted by molar-refractivity contribution is 6.43. The standard InChI is InChI=1S/C9H4Cl2F3NO3/c10-5-1-4(9(12,13)14)3(2-15-5)7(16)6(11)8(17)18/h1-2,6H,(H,17,18). The number of carbonyl (C=O) groups is 2. The molecule has 0 amide bonds. The number of aliphatic carboxylic acids is 1. The van der Waals surface area contributed by atoms with Crippen molar-refractivity contribution in [2.45, 2.75) is 11.6 Å². The molecule has 9 heteroatoms. The monoisotopic (exact) mass is 301 g/mol. The summed E-state index contributed by atoms with van der Waals surface area (Å²) in [6.07, 6.45) is -4.32. The smallest absolute Gasteiger partial charge is 0.417 e. The molecule has 4 nitrogen and oxygen atoms in total. The molecule has 1 aromatic heterocycles. The third-order valence-corrected chi connectivity index (χ3v) is 2.48. The van der Waals surface area contributed by atoms with Crippen LogP contribution in [-0.4, -0.2) is 27.2 Å². The largest absolute Gasteiger partial charge is 0.480 e. The van der Waals surface area contributed by atoms with Crippen LogP contribution < -0.4 is 0 Å². The van der Waals surface area contributed by atoms with Crippen molar-refractivity contribution >= 4 is 35.0 Å². The van der Waals surface area contributed by atoms with E-state index >= 15 is 0 Å². The van der Waals surface area contributed by atoms with Crippen molar-refractivity contribution in [1.82, 2.24) is 4.98 Å². The zero-order valence-electron chi connectivity index (χ0n) is 8.33. The lowest BCUT2D eigenvalue weighted by Gasteiger charge is -2.12. The lowest BCUT2D eigenvalue weighted by atomic mass is 10.0. The second kappa shape index (κ2) is 5.11. The van der Waals surface area contributed by atoms with Gasteiger partial charge in [0.25, 0.3) is 0 Å². The van der Waals surface area contributed by atoms with Crippen molar-refractivity contribution in [2.75, 3.05) is 0 Å². The Labute approximate surface area is 108 Å². The summed E-state index contributed by atoms with van der Waals surface area (Å²) in [7, 11) is 0. The SMILES string of the molecule is O=C(O)C(Cl)C(=O)c1cnc(Cl)cc1C(F)(F)F. The topological polar surface area (TPSA) is 67.3 Å². The van der Waals surface area contributed by atoms with Crippen LogP contribution in [0.3, 0.4) is 0 Å². The van der Waals surface area contributed by atoms with Gasteiger partial charge in [-0.05, 0) is 6.07 Å². The van der Waals surface area contributed by atoms with Crippen LogP contribution in [0.25, 0.3) is 0 Å². The van der Waals surface area contributed by atoms with Gasteiger partial charge in [0.05, 0.1) is 11.1 Å². The van der Waals surface area contributed by atoms with E-state index in [1.54, 1.807) is 0 Å². The second-order valence-electron chi connectivity index (χ2n) is 3.12.